The molecule has 4 rings (SSSR count). The van der Waals surface area contributed by atoms with Crippen LogP contribution in [0.25, 0.3) is 5.70 Å². The Kier molecular flexibility index (Phi) is 5.26. The number of hydrogen-bond acceptors (Lipinski definition) is 7. The normalized spacial score (nSPS) is 15.2. The summed E-state index contributed by atoms with van der Waals surface area (Å²) >= 11 is 6.39. The van der Waals surface area contributed by atoms with Crippen LogP contribution >= 0.6 is 11.6 Å². The lowest BCUT2D eigenvalue weighted by Crippen LogP contribution is -2.21. The molecule has 1 N–H and O–H groups in total. The molecule has 0 spiro atoms. The van der Waals surface area contributed by atoms with Crippen molar-refractivity contribution in [1.82, 2.24) is 20.2 Å². The van der Waals surface area contributed by atoms with Gasteiger partial charge in [-0.1, -0.05) is 28.8 Å². The monoisotopic (exact) mass is 413 g/mol. The van der Waals surface area contributed by atoms with Crippen molar-refractivity contribution >= 4 is 23.2 Å². The topological polar surface area (TPSA) is 83.3 Å². The van der Waals surface area contributed by atoms with Crippen molar-refractivity contribution in [3.05, 3.63) is 58.6 Å². The number of allylic oxidation sites excluding steroid dienone is 1. The standard InChI is InChI=1S/C20H20ClN5O3/c1-4-29-17-9-8-12(10-14(17)21)15-11-16(26-20(22-15)23-24-25-26)13-6-5-7-18(27-2)19(13)28-3/h5-11,16H,4H2,1-3H3,(H,22,23,25)/t16-/m1/s1. The predicted molar refractivity (Wildman–Crippen MR) is 110 cm³/mol. The van der Waals surface area contributed by atoms with E-state index in [1.165, 1.54) is 0 Å². The Morgan fingerprint density at radius 1 is 1.14 bits per heavy atom. The number of anilines is 1. The summed E-state index contributed by atoms with van der Waals surface area (Å²) in [5.74, 6) is 2.42. The van der Waals surface area contributed by atoms with Crippen molar-refractivity contribution in [3.8, 4) is 17.2 Å². The number of hydrogen-bond donors (Lipinski definition) is 1. The number of aromatic nitrogens is 4. The van der Waals surface area contributed by atoms with E-state index in [4.69, 9.17) is 25.8 Å². The Hall–Kier alpha value is -3.26. The average Bonchev–Trinajstić information content (AvgIpc) is 3.22. The first-order chi connectivity index (χ1) is 14.2. The third kappa shape index (κ3) is 3.47. The largest absolute Gasteiger partial charge is 0.493 e. The molecule has 0 amide bonds. The fourth-order valence-electron chi connectivity index (χ4n) is 3.33. The fourth-order valence-corrected chi connectivity index (χ4v) is 3.56. The van der Waals surface area contributed by atoms with E-state index in [-0.39, 0.29) is 6.04 Å². The van der Waals surface area contributed by atoms with Crippen LogP contribution in [0.4, 0.5) is 5.95 Å². The van der Waals surface area contributed by atoms with Gasteiger partial charge >= 0.3 is 0 Å². The summed E-state index contributed by atoms with van der Waals surface area (Å²) in [6, 6.07) is 11.1. The lowest BCUT2D eigenvalue weighted by molar-refractivity contribution is 0.340. The highest BCUT2D eigenvalue weighted by Gasteiger charge is 2.28. The summed E-state index contributed by atoms with van der Waals surface area (Å²) in [7, 11) is 3.22. The van der Waals surface area contributed by atoms with Crippen LogP contribution < -0.4 is 19.5 Å². The number of methoxy groups -OCH3 is 2. The minimum absolute atomic E-state index is 0.299. The maximum absolute atomic E-state index is 6.39. The number of rotatable bonds is 6. The van der Waals surface area contributed by atoms with Crippen molar-refractivity contribution < 1.29 is 14.2 Å². The molecule has 0 saturated carbocycles. The van der Waals surface area contributed by atoms with Crippen LogP contribution in [0.1, 0.15) is 24.1 Å². The highest BCUT2D eigenvalue weighted by Crippen LogP contribution is 2.40. The van der Waals surface area contributed by atoms with E-state index in [2.05, 4.69) is 20.8 Å². The molecule has 0 bridgehead atoms. The molecule has 0 saturated heterocycles. The first-order valence-electron chi connectivity index (χ1n) is 9.06. The highest BCUT2D eigenvalue weighted by molar-refractivity contribution is 6.32. The second-order valence-corrected chi connectivity index (χ2v) is 6.67. The van der Waals surface area contributed by atoms with Gasteiger partial charge < -0.3 is 19.5 Å². The number of halogens is 1. The van der Waals surface area contributed by atoms with Crippen LogP contribution in [-0.2, 0) is 0 Å². The number of nitrogens with zero attached hydrogens (tertiary/aromatic N) is 4. The maximum atomic E-state index is 6.39. The van der Waals surface area contributed by atoms with Crippen LogP contribution in [-0.4, -0.2) is 41.0 Å². The van der Waals surface area contributed by atoms with Gasteiger partial charge in [0.2, 0.25) is 5.95 Å². The second kappa shape index (κ2) is 8.00. The summed E-state index contributed by atoms with van der Waals surface area (Å²) in [6.07, 6.45) is 2.02. The van der Waals surface area contributed by atoms with Crippen LogP contribution in [0.15, 0.2) is 42.5 Å². The first kappa shape index (κ1) is 19.1. The molecule has 2 heterocycles. The van der Waals surface area contributed by atoms with E-state index in [0.717, 1.165) is 16.8 Å². The molecule has 0 aliphatic carbocycles. The third-order valence-corrected chi connectivity index (χ3v) is 4.92. The van der Waals surface area contributed by atoms with Gasteiger partial charge in [-0.05, 0) is 53.3 Å². The molecule has 1 aromatic heterocycles. The van der Waals surface area contributed by atoms with E-state index in [9.17, 15) is 0 Å². The number of benzene rings is 2. The lowest BCUT2D eigenvalue weighted by Gasteiger charge is -2.25. The minimum atomic E-state index is -0.299. The molecule has 8 nitrogen and oxygen atoms in total. The van der Waals surface area contributed by atoms with E-state index >= 15 is 0 Å². The molecule has 9 heteroatoms. The van der Waals surface area contributed by atoms with Gasteiger partial charge in [-0.25, -0.2) is 0 Å². The van der Waals surface area contributed by atoms with Gasteiger partial charge in [0.05, 0.1) is 25.8 Å². The molecule has 0 fully saturated rings. The van der Waals surface area contributed by atoms with Crippen LogP contribution in [0.5, 0.6) is 17.2 Å². The van der Waals surface area contributed by atoms with Crippen LogP contribution in [0, 0.1) is 0 Å². The SMILES string of the molecule is CCOc1ccc(C2=C[C@H](c3cccc(OC)c3OC)n3nnnc3N2)cc1Cl. The molecule has 3 aromatic rings. The number of para-hydroxylation sites is 1. The van der Waals surface area contributed by atoms with Crippen molar-refractivity contribution in [3.63, 3.8) is 0 Å². The summed E-state index contributed by atoms with van der Waals surface area (Å²) in [5, 5.41) is 15.8. The lowest BCUT2D eigenvalue weighted by atomic mass is 10.0. The van der Waals surface area contributed by atoms with E-state index in [1.807, 2.05) is 49.4 Å². The summed E-state index contributed by atoms with van der Waals surface area (Å²) in [5.41, 5.74) is 2.59. The highest BCUT2D eigenvalue weighted by atomic mass is 35.5. The molecule has 1 aliphatic rings. The van der Waals surface area contributed by atoms with Crippen molar-refractivity contribution in [1.29, 1.82) is 0 Å². The van der Waals surface area contributed by atoms with Gasteiger partial charge in [0.1, 0.15) is 11.8 Å². The Morgan fingerprint density at radius 3 is 2.72 bits per heavy atom. The van der Waals surface area contributed by atoms with Gasteiger partial charge in [-0.2, -0.15) is 4.68 Å². The zero-order valence-corrected chi connectivity index (χ0v) is 17.0. The Labute approximate surface area is 173 Å². The van der Waals surface area contributed by atoms with Crippen molar-refractivity contribution in [2.75, 3.05) is 26.1 Å². The third-order valence-electron chi connectivity index (χ3n) is 4.62. The Balaban J connectivity index is 1.81. The quantitative estimate of drug-likeness (QED) is 0.658. The summed E-state index contributed by atoms with van der Waals surface area (Å²) in [4.78, 5) is 0. The van der Waals surface area contributed by atoms with Gasteiger partial charge in [0, 0.05) is 11.3 Å². The average molecular weight is 414 g/mol. The van der Waals surface area contributed by atoms with Crippen molar-refractivity contribution in [2.45, 2.75) is 13.0 Å². The molecular weight excluding hydrogens is 394 g/mol. The number of fused-ring (bicyclic) bond motifs is 1. The Bertz CT molecular complexity index is 1070. The molecule has 0 unspecified atom stereocenters. The van der Waals surface area contributed by atoms with Gasteiger partial charge in [-0.3, -0.25) is 0 Å². The number of ether oxygens (including phenoxy) is 3. The van der Waals surface area contributed by atoms with Crippen LogP contribution in [0.2, 0.25) is 5.02 Å². The molecule has 0 radical (unpaired) electrons. The fraction of sp³-hybridized carbons (Fsp3) is 0.250. The van der Waals surface area contributed by atoms with Gasteiger partial charge in [0.15, 0.2) is 11.5 Å². The van der Waals surface area contributed by atoms with E-state index in [1.54, 1.807) is 18.9 Å². The zero-order chi connectivity index (χ0) is 20.4. The molecule has 29 heavy (non-hydrogen) atoms. The minimum Gasteiger partial charge on any atom is -0.493 e. The smallest absolute Gasteiger partial charge is 0.248 e. The molecule has 1 aliphatic heterocycles. The second-order valence-electron chi connectivity index (χ2n) is 6.26. The zero-order valence-electron chi connectivity index (χ0n) is 16.2. The van der Waals surface area contributed by atoms with E-state index in [0.29, 0.717) is 34.8 Å². The van der Waals surface area contributed by atoms with Crippen LogP contribution in [0.3, 0.4) is 0 Å². The molecule has 150 valence electrons. The maximum Gasteiger partial charge on any atom is 0.248 e. The first-order valence-corrected chi connectivity index (χ1v) is 9.44. The molecule has 2 aromatic carbocycles. The van der Waals surface area contributed by atoms with Gasteiger partial charge in [-0.15, -0.1) is 0 Å². The summed E-state index contributed by atoms with van der Waals surface area (Å²) < 4.78 is 18.3. The van der Waals surface area contributed by atoms with Gasteiger partial charge in [0.25, 0.3) is 0 Å². The predicted octanol–water partition coefficient (Wildman–Crippen LogP) is 3.80. The number of tetrazole rings is 1. The Morgan fingerprint density at radius 2 is 2.00 bits per heavy atom. The van der Waals surface area contributed by atoms with E-state index < -0.39 is 0 Å². The molecule has 1 atom stereocenters. The number of nitrogens with one attached hydrogen (secondary N) is 1. The summed E-state index contributed by atoms with van der Waals surface area (Å²) in [6.45, 7) is 2.47. The molecular formula is C20H20ClN5O3. The van der Waals surface area contributed by atoms with Crippen molar-refractivity contribution in [2.24, 2.45) is 0 Å².